The van der Waals surface area contributed by atoms with Crippen LogP contribution in [0.3, 0.4) is 0 Å². The molecule has 9 heteroatoms. The molecule has 1 N–H and O–H groups in total. The largest absolute Gasteiger partial charge is 0.390 e. The smallest absolute Gasteiger partial charge is 0.253 e. The van der Waals surface area contributed by atoms with Crippen LogP contribution in [-0.4, -0.2) is 82.2 Å². The lowest BCUT2D eigenvalue weighted by Gasteiger charge is -2.38. The average molecular weight is 472 g/mol. The third kappa shape index (κ3) is 4.13. The first-order valence-electron chi connectivity index (χ1n) is 10.6. The Bertz CT molecular complexity index is 1130. The Balaban J connectivity index is 1.26. The highest BCUT2D eigenvalue weighted by molar-refractivity contribution is 6.30. The van der Waals surface area contributed by atoms with Crippen molar-refractivity contribution >= 4 is 45.8 Å². The summed E-state index contributed by atoms with van der Waals surface area (Å²) in [5.74, 6) is 0.760. The fourth-order valence-corrected chi connectivity index (χ4v) is 4.90. The van der Waals surface area contributed by atoms with E-state index in [0.717, 1.165) is 16.7 Å². The van der Waals surface area contributed by atoms with Gasteiger partial charge in [0.1, 0.15) is 5.82 Å². The van der Waals surface area contributed by atoms with Crippen LogP contribution in [-0.2, 0) is 0 Å². The van der Waals surface area contributed by atoms with E-state index in [1.807, 2.05) is 29.2 Å². The zero-order valence-electron chi connectivity index (χ0n) is 17.4. The highest BCUT2D eigenvalue weighted by atomic mass is 35.5. The van der Waals surface area contributed by atoms with Crippen LogP contribution in [0.2, 0.25) is 10.3 Å². The number of nitrogens with zero attached hydrogens (tertiary/aromatic N) is 5. The lowest BCUT2D eigenvalue weighted by atomic mass is 10.1. The van der Waals surface area contributed by atoms with E-state index in [0.29, 0.717) is 49.9 Å². The summed E-state index contributed by atoms with van der Waals surface area (Å²) in [5.41, 5.74) is 1.43. The fourth-order valence-electron chi connectivity index (χ4n) is 4.61. The second-order valence-corrected chi connectivity index (χ2v) is 8.98. The van der Waals surface area contributed by atoms with Gasteiger partial charge in [0, 0.05) is 55.2 Å². The van der Waals surface area contributed by atoms with Gasteiger partial charge in [0.25, 0.3) is 5.91 Å². The van der Waals surface area contributed by atoms with Gasteiger partial charge in [-0.15, -0.1) is 0 Å². The van der Waals surface area contributed by atoms with E-state index >= 15 is 0 Å². The van der Waals surface area contributed by atoms with Gasteiger partial charge >= 0.3 is 0 Å². The molecule has 166 valence electrons. The van der Waals surface area contributed by atoms with E-state index in [2.05, 4.69) is 19.8 Å². The van der Waals surface area contributed by atoms with Crippen molar-refractivity contribution in [3.05, 3.63) is 64.4 Å². The zero-order chi connectivity index (χ0) is 22.2. The van der Waals surface area contributed by atoms with Crippen molar-refractivity contribution in [2.45, 2.75) is 12.1 Å². The maximum atomic E-state index is 12.8. The Morgan fingerprint density at radius 1 is 0.938 bits per heavy atom. The highest BCUT2D eigenvalue weighted by Gasteiger charge is 2.38. The number of piperazine rings is 1. The summed E-state index contributed by atoms with van der Waals surface area (Å²) in [7, 11) is 0. The summed E-state index contributed by atoms with van der Waals surface area (Å²) in [6, 6.07) is 14.7. The van der Waals surface area contributed by atoms with Crippen molar-refractivity contribution in [1.29, 1.82) is 0 Å². The maximum absolute atomic E-state index is 12.8. The molecule has 0 spiro atoms. The molecule has 0 saturated carbocycles. The number of para-hydroxylation sites is 1. The van der Waals surface area contributed by atoms with E-state index in [1.165, 1.54) is 0 Å². The topological polar surface area (TPSA) is 72.8 Å². The number of hydrogen-bond donors (Lipinski definition) is 1. The normalized spacial score (nSPS) is 22.0. The first-order chi connectivity index (χ1) is 15.5. The molecule has 2 aromatic carbocycles. The zero-order valence-corrected chi connectivity index (χ0v) is 18.9. The molecule has 2 saturated heterocycles. The van der Waals surface area contributed by atoms with Crippen LogP contribution in [0, 0.1) is 0 Å². The third-order valence-corrected chi connectivity index (χ3v) is 6.70. The lowest BCUT2D eigenvalue weighted by Crippen LogP contribution is -2.54. The second-order valence-electron chi connectivity index (χ2n) is 8.21. The summed E-state index contributed by atoms with van der Waals surface area (Å²) in [6.07, 6.45) is -0.513. The number of fused-ring (bicyclic) bond motifs is 1. The Labute approximate surface area is 196 Å². The SMILES string of the molecule is O=C(c1ccc(Cl)cc1)N1CCN([C@@H]2CN(c3nc(Cl)nc4ccccc34)C[C@H]2O)CC1. The van der Waals surface area contributed by atoms with Crippen molar-refractivity contribution in [3.63, 3.8) is 0 Å². The molecule has 1 aromatic heterocycles. The molecule has 0 bridgehead atoms. The fraction of sp³-hybridized carbons (Fsp3) is 0.348. The lowest BCUT2D eigenvalue weighted by molar-refractivity contribution is 0.0376. The first-order valence-corrected chi connectivity index (χ1v) is 11.4. The Morgan fingerprint density at radius 3 is 2.41 bits per heavy atom. The molecule has 2 fully saturated rings. The number of amides is 1. The minimum absolute atomic E-state index is 0.0111. The van der Waals surface area contributed by atoms with E-state index in [-0.39, 0.29) is 17.2 Å². The summed E-state index contributed by atoms with van der Waals surface area (Å²) in [6.45, 7) is 3.77. The Morgan fingerprint density at radius 2 is 1.66 bits per heavy atom. The molecule has 2 atom stereocenters. The van der Waals surface area contributed by atoms with Crippen LogP contribution in [0.5, 0.6) is 0 Å². The number of hydrogen-bond acceptors (Lipinski definition) is 6. The second kappa shape index (κ2) is 8.83. The van der Waals surface area contributed by atoms with Gasteiger partial charge in [0.15, 0.2) is 0 Å². The Kier molecular flexibility index (Phi) is 5.90. The number of aliphatic hydroxyl groups is 1. The summed E-state index contributed by atoms with van der Waals surface area (Å²) in [4.78, 5) is 27.7. The van der Waals surface area contributed by atoms with Gasteiger partial charge < -0.3 is 14.9 Å². The van der Waals surface area contributed by atoms with Gasteiger partial charge in [0.05, 0.1) is 17.7 Å². The van der Waals surface area contributed by atoms with Crippen molar-refractivity contribution in [2.75, 3.05) is 44.2 Å². The molecule has 3 heterocycles. The predicted molar refractivity (Wildman–Crippen MR) is 125 cm³/mol. The van der Waals surface area contributed by atoms with E-state index in [4.69, 9.17) is 23.2 Å². The molecule has 3 aromatic rings. The van der Waals surface area contributed by atoms with Gasteiger partial charge in [0.2, 0.25) is 5.28 Å². The maximum Gasteiger partial charge on any atom is 0.253 e. The predicted octanol–water partition coefficient (Wildman–Crippen LogP) is 2.94. The molecule has 2 aliphatic heterocycles. The highest BCUT2D eigenvalue weighted by Crippen LogP contribution is 2.30. The number of benzene rings is 2. The summed E-state index contributed by atoms with van der Waals surface area (Å²) >= 11 is 12.1. The van der Waals surface area contributed by atoms with Gasteiger partial charge in [-0.2, -0.15) is 4.98 Å². The van der Waals surface area contributed by atoms with Crippen LogP contribution in [0.1, 0.15) is 10.4 Å². The molecular formula is C23H23Cl2N5O2. The van der Waals surface area contributed by atoms with Gasteiger partial charge in [-0.05, 0) is 48.0 Å². The molecule has 0 aliphatic carbocycles. The summed E-state index contributed by atoms with van der Waals surface area (Å²) < 4.78 is 0. The number of rotatable bonds is 3. The molecule has 1 amide bonds. The van der Waals surface area contributed by atoms with Gasteiger partial charge in [-0.25, -0.2) is 4.98 Å². The van der Waals surface area contributed by atoms with E-state index in [1.54, 1.807) is 24.3 Å². The van der Waals surface area contributed by atoms with Crippen LogP contribution in [0.4, 0.5) is 5.82 Å². The molecule has 0 radical (unpaired) electrons. The minimum Gasteiger partial charge on any atom is -0.390 e. The Hall–Kier alpha value is -2.45. The standard InChI is InChI=1S/C23H23Cl2N5O2/c24-16-7-5-15(6-8-16)22(32)29-11-9-28(10-12-29)19-13-30(14-20(19)31)21-17-3-1-2-4-18(17)26-23(25)27-21/h1-8,19-20,31H,9-14H2/t19-,20-/m1/s1. The number of anilines is 1. The molecule has 32 heavy (non-hydrogen) atoms. The van der Waals surface area contributed by atoms with Crippen LogP contribution >= 0.6 is 23.2 Å². The molecular weight excluding hydrogens is 449 g/mol. The minimum atomic E-state index is -0.513. The number of aromatic nitrogens is 2. The molecule has 5 rings (SSSR count). The monoisotopic (exact) mass is 471 g/mol. The number of β-amino-alcohol motifs (C(OH)–C–C–N with tert-alkyl or cyclic N) is 1. The first kappa shape index (κ1) is 21.4. The van der Waals surface area contributed by atoms with Crippen molar-refractivity contribution in [1.82, 2.24) is 19.8 Å². The van der Waals surface area contributed by atoms with Crippen molar-refractivity contribution < 1.29 is 9.90 Å². The molecule has 7 nitrogen and oxygen atoms in total. The van der Waals surface area contributed by atoms with E-state index in [9.17, 15) is 9.90 Å². The summed E-state index contributed by atoms with van der Waals surface area (Å²) in [5, 5.41) is 12.6. The van der Waals surface area contributed by atoms with E-state index < -0.39 is 6.10 Å². The number of carbonyl (C=O) groups is 1. The van der Waals surface area contributed by atoms with Gasteiger partial charge in [-0.3, -0.25) is 9.69 Å². The van der Waals surface area contributed by atoms with Crippen molar-refractivity contribution in [2.24, 2.45) is 0 Å². The molecule has 2 aliphatic rings. The average Bonchev–Trinajstić information content (AvgIpc) is 3.20. The van der Waals surface area contributed by atoms with Crippen LogP contribution < -0.4 is 4.90 Å². The number of aliphatic hydroxyl groups excluding tert-OH is 1. The third-order valence-electron chi connectivity index (χ3n) is 6.28. The van der Waals surface area contributed by atoms with Crippen LogP contribution in [0.25, 0.3) is 10.9 Å². The molecule has 0 unspecified atom stereocenters. The van der Waals surface area contributed by atoms with Crippen molar-refractivity contribution in [3.8, 4) is 0 Å². The van der Waals surface area contributed by atoms with Crippen LogP contribution in [0.15, 0.2) is 48.5 Å². The quantitative estimate of drug-likeness (QED) is 0.592. The van der Waals surface area contributed by atoms with Gasteiger partial charge in [-0.1, -0.05) is 23.7 Å². The number of halogens is 2. The number of carbonyl (C=O) groups excluding carboxylic acids is 1.